The molecule has 3 rings (SSSR count). The van der Waals surface area contributed by atoms with E-state index in [1.54, 1.807) is 16.6 Å². The quantitative estimate of drug-likeness (QED) is 0.720. The molecule has 0 atom stereocenters. The average molecular weight is 329 g/mol. The van der Waals surface area contributed by atoms with Crippen molar-refractivity contribution in [1.29, 1.82) is 0 Å². The second-order valence-corrected chi connectivity index (χ2v) is 5.36. The molecule has 0 aliphatic heterocycles. The Morgan fingerprint density at radius 3 is 2.62 bits per heavy atom. The van der Waals surface area contributed by atoms with E-state index < -0.39 is 0 Å². The van der Waals surface area contributed by atoms with Gasteiger partial charge in [0.1, 0.15) is 23.7 Å². The van der Waals surface area contributed by atoms with Crippen LogP contribution in [0.25, 0.3) is 16.9 Å². The zero-order valence-corrected chi connectivity index (χ0v) is 14.2. The topological polar surface area (TPSA) is 55.5 Å². The molecular weight excluding hydrogens is 309 g/mol. The summed E-state index contributed by atoms with van der Waals surface area (Å²) in [5, 5.41) is 4.29. The first-order valence-corrected chi connectivity index (χ1v) is 7.90. The molecule has 0 aliphatic carbocycles. The number of benzene rings is 1. The van der Waals surface area contributed by atoms with Crippen LogP contribution in [0.2, 0.25) is 0 Å². The van der Waals surface area contributed by atoms with E-state index in [2.05, 4.69) is 20.0 Å². The molecular formula is C17H20FN5O. The van der Waals surface area contributed by atoms with Crippen molar-refractivity contribution in [2.24, 2.45) is 0 Å². The van der Waals surface area contributed by atoms with Crippen LogP contribution in [0.4, 0.5) is 10.2 Å². The molecule has 126 valence electrons. The molecule has 2 aromatic heterocycles. The average Bonchev–Trinajstić information content (AvgIpc) is 3.04. The highest BCUT2D eigenvalue weighted by Gasteiger charge is 2.24. The maximum atomic E-state index is 14.7. The number of aromatic nitrogens is 4. The molecule has 6 nitrogen and oxygen atoms in total. The highest BCUT2D eigenvalue weighted by Crippen LogP contribution is 2.40. The second-order valence-electron chi connectivity index (χ2n) is 5.36. The van der Waals surface area contributed by atoms with Crippen molar-refractivity contribution in [2.75, 3.05) is 25.1 Å². The number of anilines is 1. The molecule has 0 radical (unpaired) electrons. The van der Waals surface area contributed by atoms with Crippen LogP contribution in [0.1, 0.15) is 19.5 Å². The SMILES string of the molecule is CCN(CC)c1c(-c2c(F)cccc2OC)c(C)nc2ncnn12. The molecule has 3 aromatic rings. The van der Waals surface area contributed by atoms with Crippen LogP contribution in [0.15, 0.2) is 24.5 Å². The van der Waals surface area contributed by atoms with Crippen molar-refractivity contribution < 1.29 is 9.13 Å². The zero-order chi connectivity index (χ0) is 17.3. The minimum atomic E-state index is -0.355. The maximum Gasteiger partial charge on any atom is 0.254 e. The van der Waals surface area contributed by atoms with Crippen molar-refractivity contribution in [1.82, 2.24) is 19.6 Å². The zero-order valence-electron chi connectivity index (χ0n) is 14.2. The predicted molar refractivity (Wildman–Crippen MR) is 91.0 cm³/mol. The molecule has 0 amide bonds. The molecule has 0 bridgehead atoms. The second kappa shape index (κ2) is 6.43. The van der Waals surface area contributed by atoms with E-state index >= 15 is 0 Å². The molecule has 0 unspecified atom stereocenters. The molecule has 2 heterocycles. The third-order valence-corrected chi connectivity index (χ3v) is 4.09. The van der Waals surface area contributed by atoms with E-state index in [1.165, 1.54) is 19.5 Å². The van der Waals surface area contributed by atoms with Gasteiger partial charge in [0.25, 0.3) is 5.78 Å². The number of methoxy groups -OCH3 is 1. The molecule has 0 spiro atoms. The fraction of sp³-hybridized carbons (Fsp3) is 0.353. The van der Waals surface area contributed by atoms with Gasteiger partial charge in [-0.2, -0.15) is 14.6 Å². The lowest BCUT2D eigenvalue weighted by atomic mass is 10.0. The molecule has 0 fully saturated rings. The summed E-state index contributed by atoms with van der Waals surface area (Å²) in [6.07, 6.45) is 1.46. The number of aryl methyl sites for hydroxylation is 1. The van der Waals surface area contributed by atoms with Crippen LogP contribution >= 0.6 is 0 Å². The lowest BCUT2D eigenvalue weighted by Crippen LogP contribution is -2.26. The monoisotopic (exact) mass is 329 g/mol. The molecule has 24 heavy (non-hydrogen) atoms. The van der Waals surface area contributed by atoms with Crippen LogP contribution in [0.5, 0.6) is 5.75 Å². The van der Waals surface area contributed by atoms with Crippen molar-refractivity contribution in [3.05, 3.63) is 36.0 Å². The highest BCUT2D eigenvalue weighted by atomic mass is 19.1. The molecule has 0 saturated heterocycles. The number of hydrogen-bond acceptors (Lipinski definition) is 5. The standard InChI is InChI=1S/C17H20FN5O/c1-5-22(6-2)16-14(11(3)21-17-19-10-20-23(16)17)15-12(18)8-7-9-13(15)24-4/h7-10H,5-6H2,1-4H3. The normalized spacial score (nSPS) is 11.0. The Morgan fingerprint density at radius 1 is 1.21 bits per heavy atom. The molecule has 1 aromatic carbocycles. The Balaban J connectivity index is 2.44. The summed E-state index contributed by atoms with van der Waals surface area (Å²) >= 11 is 0. The first kappa shape index (κ1) is 16.2. The molecule has 7 heteroatoms. The predicted octanol–water partition coefficient (Wildman–Crippen LogP) is 3.09. The Labute approximate surface area is 139 Å². The number of halogens is 1. The minimum absolute atomic E-state index is 0.355. The fourth-order valence-corrected chi connectivity index (χ4v) is 2.96. The summed E-state index contributed by atoms with van der Waals surface area (Å²) in [6, 6.07) is 4.80. The summed E-state index contributed by atoms with van der Waals surface area (Å²) in [4.78, 5) is 10.8. The lowest BCUT2D eigenvalue weighted by molar-refractivity contribution is 0.413. The van der Waals surface area contributed by atoms with Gasteiger partial charge < -0.3 is 9.64 Å². The van der Waals surface area contributed by atoms with Crippen LogP contribution in [0, 0.1) is 12.7 Å². The summed E-state index contributed by atoms with van der Waals surface area (Å²) in [7, 11) is 1.53. The van der Waals surface area contributed by atoms with E-state index in [-0.39, 0.29) is 5.82 Å². The van der Waals surface area contributed by atoms with Gasteiger partial charge in [0.2, 0.25) is 0 Å². The Hall–Kier alpha value is -2.70. The number of fused-ring (bicyclic) bond motifs is 1. The Kier molecular flexibility index (Phi) is 4.33. The van der Waals surface area contributed by atoms with Crippen molar-refractivity contribution in [2.45, 2.75) is 20.8 Å². The van der Waals surface area contributed by atoms with Crippen LogP contribution in [0.3, 0.4) is 0 Å². The van der Waals surface area contributed by atoms with E-state index in [4.69, 9.17) is 4.74 Å². The Morgan fingerprint density at radius 2 is 1.96 bits per heavy atom. The van der Waals surface area contributed by atoms with Gasteiger partial charge in [-0.1, -0.05) is 6.07 Å². The summed E-state index contributed by atoms with van der Waals surface area (Å²) in [6.45, 7) is 7.44. The van der Waals surface area contributed by atoms with Crippen LogP contribution in [-0.4, -0.2) is 39.8 Å². The van der Waals surface area contributed by atoms with Gasteiger partial charge in [-0.15, -0.1) is 0 Å². The lowest BCUT2D eigenvalue weighted by Gasteiger charge is -2.26. The fourth-order valence-electron chi connectivity index (χ4n) is 2.96. The van der Waals surface area contributed by atoms with Gasteiger partial charge in [0.15, 0.2) is 0 Å². The summed E-state index contributed by atoms with van der Waals surface area (Å²) < 4.78 is 21.8. The first-order valence-electron chi connectivity index (χ1n) is 7.90. The first-order chi connectivity index (χ1) is 11.6. The van der Waals surface area contributed by atoms with Gasteiger partial charge in [-0.25, -0.2) is 9.37 Å². The van der Waals surface area contributed by atoms with Gasteiger partial charge in [-0.05, 0) is 32.9 Å². The van der Waals surface area contributed by atoms with E-state index in [0.717, 1.165) is 18.9 Å². The van der Waals surface area contributed by atoms with Gasteiger partial charge >= 0.3 is 0 Å². The summed E-state index contributed by atoms with van der Waals surface area (Å²) in [5.41, 5.74) is 1.75. The number of ether oxygens (including phenoxy) is 1. The molecule has 0 saturated carbocycles. The van der Waals surface area contributed by atoms with E-state index in [0.29, 0.717) is 28.3 Å². The summed E-state index contributed by atoms with van der Waals surface area (Å²) in [5.74, 6) is 1.37. The third-order valence-electron chi connectivity index (χ3n) is 4.09. The number of hydrogen-bond donors (Lipinski definition) is 0. The largest absolute Gasteiger partial charge is 0.496 e. The van der Waals surface area contributed by atoms with E-state index in [1.807, 2.05) is 20.8 Å². The van der Waals surface area contributed by atoms with Crippen molar-refractivity contribution in [3.63, 3.8) is 0 Å². The number of nitrogens with zero attached hydrogens (tertiary/aromatic N) is 5. The highest BCUT2D eigenvalue weighted by molar-refractivity contribution is 5.83. The Bertz CT molecular complexity index is 873. The smallest absolute Gasteiger partial charge is 0.254 e. The van der Waals surface area contributed by atoms with Crippen molar-refractivity contribution in [3.8, 4) is 16.9 Å². The van der Waals surface area contributed by atoms with Gasteiger partial charge in [0.05, 0.1) is 23.9 Å². The van der Waals surface area contributed by atoms with Crippen molar-refractivity contribution >= 4 is 11.6 Å². The van der Waals surface area contributed by atoms with Crippen LogP contribution < -0.4 is 9.64 Å². The molecule has 0 aliphatic rings. The maximum absolute atomic E-state index is 14.7. The third kappa shape index (κ3) is 2.46. The van der Waals surface area contributed by atoms with Gasteiger partial charge in [-0.3, -0.25) is 0 Å². The van der Waals surface area contributed by atoms with Gasteiger partial charge in [0, 0.05) is 13.1 Å². The number of rotatable bonds is 5. The van der Waals surface area contributed by atoms with Crippen LogP contribution in [-0.2, 0) is 0 Å². The van der Waals surface area contributed by atoms with E-state index in [9.17, 15) is 4.39 Å². The minimum Gasteiger partial charge on any atom is -0.496 e. The molecule has 0 N–H and O–H groups in total.